The Morgan fingerprint density at radius 1 is 1.24 bits per heavy atom. The maximum atomic E-state index is 12.9. The Bertz CT molecular complexity index is 681. The van der Waals surface area contributed by atoms with Crippen LogP contribution in [-0.4, -0.2) is 17.9 Å². The summed E-state index contributed by atoms with van der Waals surface area (Å²) in [6, 6.07) is 5.30. The highest BCUT2D eigenvalue weighted by Gasteiger charge is 2.35. The zero-order valence-corrected chi connectivity index (χ0v) is 11.4. The van der Waals surface area contributed by atoms with Crippen molar-refractivity contribution in [3.05, 3.63) is 58.9 Å². The molecule has 0 amide bonds. The third-order valence-corrected chi connectivity index (χ3v) is 3.04. The lowest BCUT2D eigenvalue weighted by Gasteiger charge is -2.12. The molecule has 3 nitrogen and oxygen atoms in total. The van der Waals surface area contributed by atoms with Gasteiger partial charge in [-0.3, -0.25) is 9.78 Å². The summed E-state index contributed by atoms with van der Waals surface area (Å²) in [5.41, 5.74) is -0.565. The van der Waals surface area contributed by atoms with Gasteiger partial charge in [0.15, 0.2) is 5.78 Å². The number of aromatic nitrogens is 1. The van der Waals surface area contributed by atoms with Gasteiger partial charge >= 0.3 is 6.18 Å². The molecule has 110 valence electrons. The van der Waals surface area contributed by atoms with E-state index in [0.29, 0.717) is 5.75 Å². The molecule has 0 bridgehead atoms. The van der Waals surface area contributed by atoms with E-state index >= 15 is 0 Å². The number of ether oxygens (including phenoxy) is 1. The lowest BCUT2D eigenvalue weighted by molar-refractivity contribution is -0.137. The lowest BCUT2D eigenvalue weighted by Crippen LogP contribution is -2.14. The Hall–Kier alpha value is -2.37. The highest BCUT2D eigenvalue weighted by molar-refractivity contribution is 6.10. The molecule has 0 unspecified atom stereocenters. The molecule has 0 aliphatic carbocycles. The van der Waals surface area contributed by atoms with Crippen molar-refractivity contribution in [3.63, 3.8) is 0 Å². The molecule has 0 radical (unpaired) electrons. The minimum Gasteiger partial charge on any atom is -0.496 e. The summed E-state index contributed by atoms with van der Waals surface area (Å²) in [5.74, 6) is -0.299. The van der Waals surface area contributed by atoms with Crippen LogP contribution < -0.4 is 4.74 Å². The molecule has 0 atom stereocenters. The van der Waals surface area contributed by atoms with Crippen LogP contribution in [0.15, 0.2) is 36.7 Å². The van der Waals surface area contributed by atoms with Crippen molar-refractivity contribution in [3.8, 4) is 5.75 Å². The molecule has 0 aliphatic rings. The summed E-state index contributed by atoms with van der Waals surface area (Å²) in [7, 11) is 1.43. The van der Waals surface area contributed by atoms with Gasteiger partial charge in [0.2, 0.25) is 0 Å². The zero-order chi connectivity index (χ0) is 15.6. The number of carbonyl (C=O) groups is 1. The van der Waals surface area contributed by atoms with Crippen molar-refractivity contribution >= 4 is 5.78 Å². The molecule has 21 heavy (non-hydrogen) atoms. The van der Waals surface area contributed by atoms with Crippen LogP contribution in [0.25, 0.3) is 0 Å². The molecule has 0 saturated heterocycles. The monoisotopic (exact) mass is 295 g/mol. The first-order valence-electron chi connectivity index (χ1n) is 6.05. The number of benzene rings is 1. The molecule has 0 N–H and O–H groups in total. The normalized spacial score (nSPS) is 11.3. The molecule has 2 aromatic rings. The third kappa shape index (κ3) is 3.04. The second-order valence-corrected chi connectivity index (χ2v) is 4.43. The Balaban J connectivity index is 2.51. The summed E-state index contributed by atoms with van der Waals surface area (Å²) in [6.45, 7) is 1.78. The predicted molar refractivity (Wildman–Crippen MR) is 70.4 cm³/mol. The number of pyridine rings is 1. The topological polar surface area (TPSA) is 39.2 Å². The van der Waals surface area contributed by atoms with Crippen LogP contribution in [-0.2, 0) is 6.18 Å². The summed E-state index contributed by atoms with van der Waals surface area (Å²) >= 11 is 0. The minimum atomic E-state index is -4.61. The first-order chi connectivity index (χ1) is 9.84. The number of nitrogens with zero attached hydrogens (tertiary/aromatic N) is 1. The van der Waals surface area contributed by atoms with Gasteiger partial charge in [0.25, 0.3) is 0 Å². The average Bonchev–Trinajstić information content (AvgIpc) is 2.46. The maximum Gasteiger partial charge on any atom is 0.417 e. The molecule has 1 aromatic carbocycles. The van der Waals surface area contributed by atoms with Gasteiger partial charge in [0.05, 0.1) is 18.2 Å². The fraction of sp³-hybridized carbons (Fsp3) is 0.200. The van der Waals surface area contributed by atoms with Gasteiger partial charge in [-0.15, -0.1) is 0 Å². The van der Waals surface area contributed by atoms with E-state index in [9.17, 15) is 18.0 Å². The standard InChI is InChI=1S/C15H12F3NO2/c1-9-3-4-10(7-13(9)21-2)14(20)11-8-19-6-5-12(11)15(16,17)18/h3-8H,1-2H3. The van der Waals surface area contributed by atoms with Crippen LogP contribution in [0.4, 0.5) is 13.2 Å². The number of methoxy groups -OCH3 is 1. The number of hydrogen-bond donors (Lipinski definition) is 0. The lowest BCUT2D eigenvalue weighted by atomic mass is 9.99. The summed E-state index contributed by atoms with van der Waals surface area (Å²) in [6.07, 6.45) is -2.67. The quantitative estimate of drug-likeness (QED) is 0.811. The second-order valence-electron chi connectivity index (χ2n) is 4.43. The van der Waals surface area contributed by atoms with Crippen LogP contribution in [0.3, 0.4) is 0 Å². The molecule has 0 saturated carbocycles. The number of ketones is 1. The number of aryl methyl sites for hydroxylation is 1. The van der Waals surface area contributed by atoms with Crippen LogP contribution in [0.5, 0.6) is 5.75 Å². The SMILES string of the molecule is COc1cc(C(=O)c2cnccc2C(F)(F)F)ccc1C. The van der Waals surface area contributed by atoms with E-state index in [-0.39, 0.29) is 5.56 Å². The molecule has 1 heterocycles. The highest BCUT2D eigenvalue weighted by atomic mass is 19.4. The Labute approximate surface area is 119 Å². The molecular weight excluding hydrogens is 283 g/mol. The fourth-order valence-corrected chi connectivity index (χ4v) is 1.94. The minimum absolute atomic E-state index is 0.121. The Morgan fingerprint density at radius 3 is 2.57 bits per heavy atom. The van der Waals surface area contributed by atoms with Crippen molar-refractivity contribution in [2.24, 2.45) is 0 Å². The molecule has 2 rings (SSSR count). The highest BCUT2D eigenvalue weighted by Crippen LogP contribution is 2.32. The van der Waals surface area contributed by atoms with Gasteiger partial charge in [0.1, 0.15) is 5.75 Å². The number of rotatable bonds is 3. The average molecular weight is 295 g/mol. The molecular formula is C15H12F3NO2. The van der Waals surface area contributed by atoms with E-state index in [0.717, 1.165) is 24.0 Å². The maximum absolute atomic E-state index is 12.9. The van der Waals surface area contributed by atoms with Gasteiger partial charge in [-0.1, -0.05) is 12.1 Å². The fourth-order valence-electron chi connectivity index (χ4n) is 1.94. The van der Waals surface area contributed by atoms with Crippen molar-refractivity contribution in [2.45, 2.75) is 13.1 Å². The van der Waals surface area contributed by atoms with Gasteiger partial charge < -0.3 is 4.74 Å². The molecule has 1 aromatic heterocycles. The van der Waals surface area contributed by atoms with Crippen LogP contribution in [0.1, 0.15) is 27.0 Å². The van der Waals surface area contributed by atoms with E-state index < -0.39 is 23.1 Å². The third-order valence-electron chi connectivity index (χ3n) is 3.04. The molecule has 0 spiro atoms. The van der Waals surface area contributed by atoms with Crippen molar-refractivity contribution in [1.82, 2.24) is 4.98 Å². The van der Waals surface area contributed by atoms with E-state index in [4.69, 9.17) is 4.74 Å². The molecule has 0 aliphatic heterocycles. The number of alkyl halides is 3. The summed E-state index contributed by atoms with van der Waals surface area (Å²) < 4.78 is 43.9. The first kappa shape index (κ1) is 15.0. The zero-order valence-electron chi connectivity index (χ0n) is 11.4. The second kappa shape index (κ2) is 5.55. The van der Waals surface area contributed by atoms with E-state index in [1.165, 1.54) is 19.2 Å². The molecule has 6 heteroatoms. The van der Waals surface area contributed by atoms with Crippen molar-refractivity contribution in [1.29, 1.82) is 0 Å². The smallest absolute Gasteiger partial charge is 0.417 e. The summed E-state index contributed by atoms with van der Waals surface area (Å²) in [4.78, 5) is 15.9. The van der Waals surface area contributed by atoms with Crippen molar-refractivity contribution in [2.75, 3.05) is 7.11 Å². The van der Waals surface area contributed by atoms with Gasteiger partial charge in [0, 0.05) is 18.0 Å². The van der Waals surface area contributed by atoms with Crippen LogP contribution in [0.2, 0.25) is 0 Å². The number of carbonyl (C=O) groups excluding carboxylic acids is 1. The van der Waals surface area contributed by atoms with Crippen molar-refractivity contribution < 1.29 is 22.7 Å². The van der Waals surface area contributed by atoms with Crippen LogP contribution >= 0.6 is 0 Å². The van der Waals surface area contributed by atoms with Crippen LogP contribution in [0, 0.1) is 6.92 Å². The molecule has 0 fully saturated rings. The van der Waals surface area contributed by atoms with E-state index in [1.807, 2.05) is 0 Å². The van der Waals surface area contributed by atoms with Gasteiger partial charge in [-0.2, -0.15) is 13.2 Å². The predicted octanol–water partition coefficient (Wildman–Crippen LogP) is 3.65. The number of hydrogen-bond acceptors (Lipinski definition) is 3. The summed E-state index contributed by atoms with van der Waals surface area (Å²) in [5, 5.41) is 0. The van der Waals surface area contributed by atoms with E-state index in [2.05, 4.69) is 4.98 Å². The van der Waals surface area contributed by atoms with Gasteiger partial charge in [-0.25, -0.2) is 0 Å². The largest absolute Gasteiger partial charge is 0.496 e. The number of halogens is 3. The van der Waals surface area contributed by atoms with Gasteiger partial charge in [-0.05, 0) is 24.6 Å². The van der Waals surface area contributed by atoms with E-state index in [1.54, 1.807) is 13.0 Å². The Kier molecular flexibility index (Phi) is 3.97. The Morgan fingerprint density at radius 2 is 1.95 bits per heavy atom. The first-order valence-corrected chi connectivity index (χ1v) is 6.05.